The molecule has 1 aromatic heterocycles. The average molecular weight is 301 g/mol. The summed E-state index contributed by atoms with van der Waals surface area (Å²) >= 11 is 0. The van der Waals surface area contributed by atoms with Crippen LogP contribution in [0, 0.1) is 5.41 Å². The summed E-state index contributed by atoms with van der Waals surface area (Å²) in [4.78, 5) is 14.4. The number of amides is 1. The van der Waals surface area contributed by atoms with Crippen LogP contribution in [0.1, 0.15) is 55.6 Å². The van der Waals surface area contributed by atoms with Crippen LogP contribution < -0.4 is 5.73 Å². The molecule has 1 aliphatic heterocycles. The number of halogens is 1. The molecule has 1 fully saturated rings. The van der Waals surface area contributed by atoms with E-state index in [9.17, 15) is 4.79 Å². The molecule has 0 radical (unpaired) electrons. The highest BCUT2D eigenvalue weighted by molar-refractivity contribution is 5.94. The van der Waals surface area contributed by atoms with Crippen LogP contribution in [-0.2, 0) is 6.54 Å². The normalized spacial score (nSPS) is 22.4. The van der Waals surface area contributed by atoms with E-state index in [2.05, 4.69) is 13.8 Å². The second-order valence-corrected chi connectivity index (χ2v) is 5.90. The van der Waals surface area contributed by atoms with Gasteiger partial charge in [-0.15, -0.1) is 12.4 Å². The van der Waals surface area contributed by atoms with E-state index in [0.717, 1.165) is 19.5 Å². The van der Waals surface area contributed by atoms with Crippen LogP contribution in [-0.4, -0.2) is 23.9 Å². The molecule has 2 heterocycles. The van der Waals surface area contributed by atoms with E-state index in [1.807, 2.05) is 4.90 Å². The molecule has 1 amide bonds. The maximum absolute atomic E-state index is 12.4. The van der Waals surface area contributed by atoms with Gasteiger partial charge in [-0.2, -0.15) is 0 Å². The maximum Gasteiger partial charge on any atom is 0.257 e. The van der Waals surface area contributed by atoms with Gasteiger partial charge < -0.3 is 15.1 Å². The molecule has 0 aromatic carbocycles. The van der Waals surface area contributed by atoms with Crippen LogP contribution in [0.4, 0.5) is 0 Å². The minimum atomic E-state index is 0. The number of hydrogen-bond donors (Lipinski definition) is 1. The lowest BCUT2D eigenvalue weighted by Crippen LogP contribution is -2.44. The van der Waals surface area contributed by atoms with Crippen molar-refractivity contribution in [2.24, 2.45) is 11.1 Å². The van der Waals surface area contributed by atoms with Gasteiger partial charge in [0.2, 0.25) is 0 Å². The first-order chi connectivity index (χ1) is 9.08. The molecule has 2 rings (SSSR count). The number of rotatable bonds is 4. The Morgan fingerprint density at radius 2 is 2.30 bits per heavy atom. The highest BCUT2D eigenvalue weighted by Gasteiger charge is 2.32. The number of nitrogens with zero attached hydrogens (tertiary/aromatic N) is 1. The molecule has 1 unspecified atom stereocenters. The molecule has 1 saturated heterocycles. The second kappa shape index (κ2) is 7.14. The summed E-state index contributed by atoms with van der Waals surface area (Å²) in [5.41, 5.74) is 6.40. The van der Waals surface area contributed by atoms with Crippen molar-refractivity contribution in [1.82, 2.24) is 4.90 Å². The predicted octanol–water partition coefficient (Wildman–Crippen LogP) is 3.20. The summed E-state index contributed by atoms with van der Waals surface area (Å²) in [7, 11) is 0. The molecule has 5 heteroatoms. The topological polar surface area (TPSA) is 59.5 Å². The first kappa shape index (κ1) is 17.1. The zero-order valence-corrected chi connectivity index (χ0v) is 13.2. The molecule has 0 aliphatic carbocycles. The Hall–Kier alpha value is -1.00. The van der Waals surface area contributed by atoms with E-state index in [0.29, 0.717) is 17.9 Å². The summed E-state index contributed by atoms with van der Waals surface area (Å²) in [6.45, 7) is 6.52. The number of carbonyl (C=O) groups excluding carboxylic acids is 1. The quantitative estimate of drug-likeness (QED) is 0.929. The zero-order valence-electron chi connectivity index (χ0n) is 12.4. The second-order valence-electron chi connectivity index (χ2n) is 5.90. The van der Waals surface area contributed by atoms with Crippen LogP contribution >= 0.6 is 12.4 Å². The number of nitrogens with two attached hydrogens (primary N) is 1. The lowest BCUT2D eigenvalue weighted by atomic mass is 9.78. The van der Waals surface area contributed by atoms with Crippen molar-refractivity contribution in [2.45, 2.75) is 46.1 Å². The molecule has 0 spiro atoms. The van der Waals surface area contributed by atoms with Gasteiger partial charge in [0, 0.05) is 13.1 Å². The molecular weight excluding hydrogens is 276 g/mol. The minimum Gasteiger partial charge on any atom is -0.467 e. The Labute approximate surface area is 127 Å². The fourth-order valence-electron chi connectivity index (χ4n) is 3.08. The number of carbonyl (C=O) groups is 1. The van der Waals surface area contributed by atoms with E-state index in [1.165, 1.54) is 25.5 Å². The SMILES string of the molecule is CCCC1(C)CCCN(C(=O)c2coc(CN)c2)C1.Cl. The molecule has 0 bridgehead atoms. The van der Waals surface area contributed by atoms with E-state index >= 15 is 0 Å². The van der Waals surface area contributed by atoms with Gasteiger partial charge in [-0.1, -0.05) is 20.3 Å². The van der Waals surface area contributed by atoms with E-state index in [4.69, 9.17) is 10.2 Å². The number of likely N-dealkylation sites (tertiary alicyclic amines) is 1. The smallest absolute Gasteiger partial charge is 0.257 e. The Morgan fingerprint density at radius 3 is 2.90 bits per heavy atom. The fraction of sp³-hybridized carbons (Fsp3) is 0.667. The van der Waals surface area contributed by atoms with Crippen molar-refractivity contribution < 1.29 is 9.21 Å². The maximum atomic E-state index is 12.4. The van der Waals surface area contributed by atoms with Crippen LogP contribution in [0.25, 0.3) is 0 Å². The van der Waals surface area contributed by atoms with Gasteiger partial charge in [-0.25, -0.2) is 0 Å². The summed E-state index contributed by atoms with van der Waals surface area (Å²) < 4.78 is 5.25. The van der Waals surface area contributed by atoms with Crippen molar-refractivity contribution in [3.63, 3.8) is 0 Å². The zero-order chi connectivity index (χ0) is 13.9. The summed E-state index contributed by atoms with van der Waals surface area (Å²) in [5.74, 6) is 0.738. The Balaban J connectivity index is 0.00000200. The Kier molecular flexibility index (Phi) is 6.08. The summed E-state index contributed by atoms with van der Waals surface area (Å²) in [5, 5.41) is 0. The monoisotopic (exact) mass is 300 g/mol. The van der Waals surface area contributed by atoms with Crippen molar-refractivity contribution in [3.05, 3.63) is 23.7 Å². The molecule has 1 aliphatic rings. The van der Waals surface area contributed by atoms with Gasteiger partial charge in [-0.05, 0) is 30.7 Å². The third kappa shape index (κ3) is 3.76. The van der Waals surface area contributed by atoms with Gasteiger partial charge in [0.1, 0.15) is 12.0 Å². The molecule has 20 heavy (non-hydrogen) atoms. The molecule has 4 nitrogen and oxygen atoms in total. The van der Waals surface area contributed by atoms with Gasteiger partial charge in [-0.3, -0.25) is 4.79 Å². The largest absolute Gasteiger partial charge is 0.467 e. The van der Waals surface area contributed by atoms with Gasteiger partial charge in [0.05, 0.1) is 12.1 Å². The lowest BCUT2D eigenvalue weighted by molar-refractivity contribution is 0.0529. The number of piperidine rings is 1. The minimum absolute atomic E-state index is 0. The van der Waals surface area contributed by atoms with Crippen LogP contribution in [0.2, 0.25) is 0 Å². The first-order valence-electron chi connectivity index (χ1n) is 7.15. The molecule has 1 aromatic rings. The van der Waals surface area contributed by atoms with Crippen LogP contribution in [0.15, 0.2) is 16.7 Å². The van der Waals surface area contributed by atoms with Crippen molar-refractivity contribution in [2.75, 3.05) is 13.1 Å². The third-order valence-electron chi connectivity index (χ3n) is 4.02. The molecular formula is C15H25ClN2O2. The van der Waals surface area contributed by atoms with Crippen molar-refractivity contribution in [3.8, 4) is 0 Å². The summed E-state index contributed by atoms with van der Waals surface area (Å²) in [6.07, 6.45) is 6.17. The van der Waals surface area contributed by atoms with E-state index in [1.54, 1.807) is 6.07 Å². The first-order valence-corrected chi connectivity index (χ1v) is 7.15. The number of hydrogen-bond acceptors (Lipinski definition) is 3. The van der Waals surface area contributed by atoms with Crippen molar-refractivity contribution in [1.29, 1.82) is 0 Å². The lowest BCUT2D eigenvalue weighted by Gasteiger charge is -2.40. The molecule has 1 atom stereocenters. The third-order valence-corrected chi connectivity index (χ3v) is 4.02. The van der Waals surface area contributed by atoms with E-state index < -0.39 is 0 Å². The van der Waals surface area contributed by atoms with Gasteiger partial charge >= 0.3 is 0 Å². The summed E-state index contributed by atoms with van der Waals surface area (Å²) in [6, 6.07) is 1.76. The predicted molar refractivity (Wildman–Crippen MR) is 82.0 cm³/mol. The standard InChI is InChI=1S/C15H24N2O2.ClH/c1-3-5-15(2)6-4-7-17(11-15)14(18)12-8-13(9-16)19-10-12;/h8,10H,3-7,9,11,16H2,1-2H3;1H. The average Bonchev–Trinajstić information content (AvgIpc) is 2.86. The van der Waals surface area contributed by atoms with Crippen LogP contribution in [0.5, 0.6) is 0 Å². The van der Waals surface area contributed by atoms with Gasteiger partial charge in [0.15, 0.2) is 0 Å². The number of furan rings is 1. The highest BCUT2D eigenvalue weighted by Crippen LogP contribution is 2.34. The fourth-order valence-corrected chi connectivity index (χ4v) is 3.08. The molecule has 2 N–H and O–H groups in total. The van der Waals surface area contributed by atoms with Crippen LogP contribution in [0.3, 0.4) is 0 Å². The molecule has 114 valence electrons. The Bertz CT molecular complexity index is 443. The van der Waals surface area contributed by atoms with Gasteiger partial charge in [0.25, 0.3) is 5.91 Å². The van der Waals surface area contributed by atoms with E-state index in [-0.39, 0.29) is 23.7 Å². The van der Waals surface area contributed by atoms with Crippen molar-refractivity contribution >= 4 is 18.3 Å². The highest BCUT2D eigenvalue weighted by atomic mass is 35.5. The Morgan fingerprint density at radius 1 is 1.55 bits per heavy atom. The molecule has 0 saturated carbocycles.